The van der Waals surface area contributed by atoms with Crippen molar-refractivity contribution < 1.29 is 14.2 Å². The molecule has 0 bridgehead atoms. The lowest BCUT2D eigenvalue weighted by Crippen LogP contribution is -2.26. The first-order valence-electron chi connectivity index (χ1n) is 5.56. The van der Waals surface area contributed by atoms with Gasteiger partial charge in [-0.3, -0.25) is 14.9 Å². The van der Waals surface area contributed by atoms with E-state index in [4.69, 9.17) is 16.1 Å². The fourth-order valence-corrected chi connectivity index (χ4v) is 1.81. The molecule has 0 saturated heterocycles. The minimum atomic E-state index is -0.685. The average molecular weight is 297 g/mol. The van der Waals surface area contributed by atoms with Crippen molar-refractivity contribution in [2.24, 2.45) is 0 Å². The van der Waals surface area contributed by atoms with Crippen molar-refractivity contribution in [2.75, 3.05) is 6.54 Å². The fourth-order valence-electron chi connectivity index (χ4n) is 1.57. The molecule has 0 aliphatic carbocycles. The van der Waals surface area contributed by atoms with E-state index in [1.165, 1.54) is 24.5 Å². The van der Waals surface area contributed by atoms with Crippen molar-refractivity contribution in [3.05, 3.63) is 51.1 Å². The molecule has 20 heavy (non-hydrogen) atoms. The molecule has 1 amide bonds. The summed E-state index contributed by atoms with van der Waals surface area (Å²) in [7, 11) is 0. The first kappa shape index (κ1) is 13.9. The van der Waals surface area contributed by atoms with Gasteiger partial charge in [-0.25, -0.2) is 0 Å². The van der Waals surface area contributed by atoms with E-state index < -0.39 is 16.5 Å². The third kappa shape index (κ3) is 3.09. The number of aromatic nitrogens is 2. The second-order valence-corrected chi connectivity index (χ2v) is 4.14. The van der Waals surface area contributed by atoms with E-state index in [0.717, 1.165) is 0 Å². The normalized spacial score (nSPS) is 10.2. The number of nitrogens with zero attached hydrogens (tertiary/aromatic N) is 3. The highest BCUT2D eigenvalue weighted by molar-refractivity contribution is 6.33. The molecule has 1 aromatic carbocycles. The standard InChI is InChI=1S/C11H9ClN4O4/c12-8-3-1-2-7(10(8)16(18)19)11(17)13-5-4-9-14-6-15-20-9/h1-3,6H,4-5H2,(H,13,17). The van der Waals surface area contributed by atoms with Gasteiger partial charge in [-0.05, 0) is 12.1 Å². The highest BCUT2D eigenvalue weighted by Gasteiger charge is 2.23. The fraction of sp³-hybridized carbons (Fsp3) is 0.182. The number of hydrogen-bond acceptors (Lipinski definition) is 6. The molecule has 0 aliphatic heterocycles. The monoisotopic (exact) mass is 296 g/mol. The Morgan fingerprint density at radius 2 is 2.30 bits per heavy atom. The SMILES string of the molecule is O=C(NCCc1ncno1)c1cccc(Cl)c1[N+](=O)[O-]. The van der Waals surface area contributed by atoms with E-state index >= 15 is 0 Å². The van der Waals surface area contributed by atoms with E-state index in [0.29, 0.717) is 12.3 Å². The Bertz CT molecular complexity index is 629. The second-order valence-electron chi connectivity index (χ2n) is 3.73. The third-order valence-electron chi connectivity index (χ3n) is 2.45. The molecular formula is C11H9ClN4O4. The van der Waals surface area contributed by atoms with Crippen LogP contribution in [0.3, 0.4) is 0 Å². The van der Waals surface area contributed by atoms with Crippen LogP contribution in [0.1, 0.15) is 16.2 Å². The van der Waals surface area contributed by atoms with Crippen molar-refractivity contribution in [3.8, 4) is 0 Å². The Balaban J connectivity index is 2.06. The molecule has 2 aromatic rings. The van der Waals surface area contributed by atoms with E-state index in [-0.39, 0.29) is 17.1 Å². The van der Waals surface area contributed by atoms with E-state index in [1.54, 1.807) is 0 Å². The summed E-state index contributed by atoms with van der Waals surface area (Å²) in [6.45, 7) is 0.213. The van der Waals surface area contributed by atoms with Gasteiger partial charge in [-0.2, -0.15) is 4.98 Å². The number of nitro groups is 1. The number of amides is 1. The molecule has 2 rings (SSSR count). The van der Waals surface area contributed by atoms with Crippen LogP contribution in [0.4, 0.5) is 5.69 Å². The van der Waals surface area contributed by atoms with Gasteiger partial charge in [0.2, 0.25) is 5.89 Å². The van der Waals surface area contributed by atoms with Crippen LogP contribution < -0.4 is 5.32 Å². The number of para-hydroxylation sites is 1. The Hall–Kier alpha value is -2.48. The largest absolute Gasteiger partial charge is 0.351 e. The maximum Gasteiger partial charge on any atom is 0.300 e. The van der Waals surface area contributed by atoms with E-state index in [9.17, 15) is 14.9 Å². The molecule has 0 unspecified atom stereocenters. The number of hydrogen-bond donors (Lipinski definition) is 1. The Morgan fingerprint density at radius 3 is 2.95 bits per heavy atom. The van der Waals surface area contributed by atoms with Crippen molar-refractivity contribution >= 4 is 23.2 Å². The topological polar surface area (TPSA) is 111 Å². The number of carbonyl (C=O) groups is 1. The quantitative estimate of drug-likeness (QED) is 0.662. The molecule has 0 atom stereocenters. The summed E-state index contributed by atoms with van der Waals surface area (Å²) in [6, 6.07) is 4.17. The van der Waals surface area contributed by atoms with Gasteiger partial charge < -0.3 is 9.84 Å². The van der Waals surface area contributed by atoms with Crippen molar-refractivity contribution in [2.45, 2.75) is 6.42 Å². The molecule has 9 heteroatoms. The lowest BCUT2D eigenvalue weighted by atomic mass is 10.1. The smallest absolute Gasteiger partial charge is 0.300 e. The molecule has 1 aromatic heterocycles. The van der Waals surface area contributed by atoms with Crippen LogP contribution in [-0.4, -0.2) is 27.5 Å². The summed E-state index contributed by atoms with van der Waals surface area (Å²) in [5.41, 5.74) is -0.502. The zero-order valence-electron chi connectivity index (χ0n) is 10.1. The molecule has 104 valence electrons. The van der Waals surface area contributed by atoms with E-state index in [2.05, 4.69) is 15.5 Å². The predicted molar refractivity (Wildman–Crippen MR) is 68.4 cm³/mol. The third-order valence-corrected chi connectivity index (χ3v) is 2.75. The van der Waals surface area contributed by atoms with Gasteiger partial charge in [0.1, 0.15) is 10.6 Å². The van der Waals surface area contributed by atoms with Crippen LogP contribution in [0, 0.1) is 10.1 Å². The zero-order chi connectivity index (χ0) is 14.5. The number of rotatable bonds is 5. The summed E-state index contributed by atoms with van der Waals surface area (Å²) < 4.78 is 4.76. The van der Waals surface area contributed by atoms with Crippen molar-refractivity contribution in [3.63, 3.8) is 0 Å². The van der Waals surface area contributed by atoms with Crippen LogP contribution in [0.5, 0.6) is 0 Å². The predicted octanol–water partition coefficient (Wildman–Crippen LogP) is 1.60. The zero-order valence-corrected chi connectivity index (χ0v) is 10.8. The Labute approximate surface area is 117 Å². The molecule has 0 radical (unpaired) electrons. The molecule has 1 N–H and O–H groups in total. The first-order valence-corrected chi connectivity index (χ1v) is 5.94. The number of benzene rings is 1. The number of nitrogens with one attached hydrogen (secondary N) is 1. The lowest BCUT2D eigenvalue weighted by Gasteiger charge is -2.05. The van der Waals surface area contributed by atoms with Crippen LogP contribution in [0.2, 0.25) is 5.02 Å². The summed E-state index contributed by atoms with van der Waals surface area (Å²) in [5, 5.41) is 16.8. The molecule has 0 fully saturated rings. The summed E-state index contributed by atoms with van der Waals surface area (Å²) in [4.78, 5) is 25.9. The minimum Gasteiger partial charge on any atom is -0.351 e. The highest BCUT2D eigenvalue weighted by atomic mass is 35.5. The molecule has 1 heterocycles. The number of nitro benzene ring substituents is 1. The molecule has 0 aliphatic rings. The Morgan fingerprint density at radius 1 is 1.50 bits per heavy atom. The number of halogens is 1. The van der Waals surface area contributed by atoms with Gasteiger partial charge >= 0.3 is 5.69 Å². The summed E-state index contributed by atoms with van der Waals surface area (Å²) >= 11 is 5.73. The van der Waals surface area contributed by atoms with Gasteiger partial charge in [0.15, 0.2) is 6.33 Å². The maximum absolute atomic E-state index is 11.9. The summed E-state index contributed by atoms with van der Waals surface area (Å²) in [6.07, 6.45) is 1.58. The molecule has 8 nitrogen and oxygen atoms in total. The number of carbonyl (C=O) groups excluding carboxylic acids is 1. The molecule has 0 saturated carbocycles. The first-order chi connectivity index (χ1) is 9.59. The van der Waals surface area contributed by atoms with Crippen molar-refractivity contribution in [1.82, 2.24) is 15.5 Å². The van der Waals surface area contributed by atoms with Crippen molar-refractivity contribution in [1.29, 1.82) is 0 Å². The average Bonchev–Trinajstić information content (AvgIpc) is 2.91. The summed E-state index contributed by atoms with van der Waals surface area (Å²) in [5.74, 6) is -0.218. The van der Waals surface area contributed by atoms with Gasteiger partial charge in [0, 0.05) is 13.0 Å². The van der Waals surface area contributed by atoms with Gasteiger partial charge in [-0.1, -0.05) is 22.8 Å². The van der Waals surface area contributed by atoms with Crippen LogP contribution in [0.25, 0.3) is 0 Å². The second kappa shape index (κ2) is 6.11. The van der Waals surface area contributed by atoms with Gasteiger partial charge in [-0.15, -0.1) is 0 Å². The maximum atomic E-state index is 11.9. The van der Waals surface area contributed by atoms with E-state index in [1.807, 2.05) is 0 Å². The van der Waals surface area contributed by atoms with Crippen LogP contribution in [0.15, 0.2) is 29.0 Å². The molecule has 0 spiro atoms. The molecular weight excluding hydrogens is 288 g/mol. The lowest BCUT2D eigenvalue weighted by molar-refractivity contribution is -0.385. The van der Waals surface area contributed by atoms with Gasteiger partial charge in [0.25, 0.3) is 5.91 Å². The Kier molecular flexibility index (Phi) is 4.26. The van der Waals surface area contributed by atoms with Crippen LogP contribution in [-0.2, 0) is 6.42 Å². The minimum absolute atomic E-state index is 0.0837. The van der Waals surface area contributed by atoms with Gasteiger partial charge in [0.05, 0.1) is 4.92 Å². The van der Waals surface area contributed by atoms with Crippen LogP contribution >= 0.6 is 11.6 Å². The highest BCUT2D eigenvalue weighted by Crippen LogP contribution is 2.27.